The third-order valence-electron chi connectivity index (χ3n) is 3.82. The van der Waals surface area contributed by atoms with E-state index in [2.05, 4.69) is 57.2 Å². The zero-order valence-electron chi connectivity index (χ0n) is 11.9. The predicted octanol–water partition coefficient (Wildman–Crippen LogP) is 4.72. The molecule has 1 aliphatic rings. The molecule has 1 aliphatic heterocycles. The topological polar surface area (TPSA) is 9.23 Å². The van der Waals surface area contributed by atoms with Crippen LogP contribution in [0.4, 0.5) is 0 Å². The summed E-state index contributed by atoms with van der Waals surface area (Å²) in [4.78, 5) is 0. The van der Waals surface area contributed by atoms with Crippen LogP contribution in [-0.2, 0) is 6.42 Å². The molecule has 3 rings (SSSR count). The van der Waals surface area contributed by atoms with Crippen LogP contribution in [0.1, 0.15) is 36.5 Å². The Balaban J connectivity index is 2.07. The van der Waals surface area contributed by atoms with Crippen molar-refractivity contribution in [3.63, 3.8) is 0 Å². The van der Waals surface area contributed by atoms with Crippen LogP contribution in [-0.4, -0.2) is 6.61 Å². The van der Waals surface area contributed by atoms with E-state index in [4.69, 9.17) is 4.74 Å². The number of aryl methyl sites for hydroxylation is 1. The normalized spacial score (nSPS) is 13.5. The summed E-state index contributed by atoms with van der Waals surface area (Å²) in [7, 11) is 0. The number of rotatable bonds is 2. The molecule has 2 aromatic carbocycles. The highest BCUT2D eigenvalue weighted by atomic mass is 16.5. The minimum absolute atomic E-state index is 0.577. The monoisotopic (exact) mass is 252 g/mol. The Kier molecular flexibility index (Phi) is 3.06. The first-order valence-corrected chi connectivity index (χ1v) is 7.02. The van der Waals surface area contributed by atoms with Gasteiger partial charge in [0.25, 0.3) is 0 Å². The molecule has 98 valence electrons. The van der Waals surface area contributed by atoms with Gasteiger partial charge in [0.1, 0.15) is 5.75 Å². The number of benzene rings is 2. The Labute approximate surface area is 115 Å². The number of fused-ring (bicyclic) bond motifs is 1. The van der Waals surface area contributed by atoms with Crippen molar-refractivity contribution in [1.29, 1.82) is 0 Å². The maximum Gasteiger partial charge on any atom is 0.130 e. The summed E-state index contributed by atoms with van der Waals surface area (Å²) < 4.78 is 5.82. The average molecular weight is 252 g/mol. The van der Waals surface area contributed by atoms with Gasteiger partial charge in [0, 0.05) is 12.0 Å². The van der Waals surface area contributed by atoms with E-state index in [1.54, 1.807) is 0 Å². The molecule has 0 aromatic heterocycles. The smallest absolute Gasteiger partial charge is 0.130 e. The number of hydrogen-bond acceptors (Lipinski definition) is 1. The van der Waals surface area contributed by atoms with Crippen LogP contribution in [0.25, 0.3) is 11.1 Å². The fourth-order valence-electron chi connectivity index (χ4n) is 2.73. The van der Waals surface area contributed by atoms with E-state index in [-0.39, 0.29) is 0 Å². The second-order valence-corrected chi connectivity index (χ2v) is 5.68. The second kappa shape index (κ2) is 4.73. The zero-order chi connectivity index (χ0) is 13.4. The van der Waals surface area contributed by atoms with Crippen molar-refractivity contribution in [3.05, 3.63) is 53.1 Å². The molecule has 1 heterocycles. The maximum absolute atomic E-state index is 5.82. The molecule has 2 aromatic rings. The van der Waals surface area contributed by atoms with Gasteiger partial charge in [-0.3, -0.25) is 0 Å². The van der Waals surface area contributed by atoms with Gasteiger partial charge in [-0.2, -0.15) is 0 Å². The van der Waals surface area contributed by atoms with Crippen molar-refractivity contribution in [1.82, 2.24) is 0 Å². The molecule has 0 spiro atoms. The van der Waals surface area contributed by atoms with Crippen molar-refractivity contribution in [2.24, 2.45) is 0 Å². The zero-order valence-corrected chi connectivity index (χ0v) is 11.9. The van der Waals surface area contributed by atoms with Gasteiger partial charge in [0.2, 0.25) is 0 Å². The Bertz CT molecular complexity index is 594. The van der Waals surface area contributed by atoms with Gasteiger partial charge in [-0.1, -0.05) is 44.2 Å². The standard InChI is InChI=1S/C18H20O/c1-12(2)14-4-6-15(7-5-14)17-11-13(3)10-16-8-9-19-18(16)17/h4-7,10-12H,8-9H2,1-3H3. The van der Waals surface area contributed by atoms with Crippen molar-refractivity contribution < 1.29 is 4.74 Å². The Morgan fingerprint density at radius 3 is 2.47 bits per heavy atom. The molecule has 0 bridgehead atoms. The molecular weight excluding hydrogens is 232 g/mol. The van der Waals surface area contributed by atoms with Gasteiger partial charge in [-0.25, -0.2) is 0 Å². The van der Waals surface area contributed by atoms with E-state index in [0.717, 1.165) is 18.8 Å². The van der Waals surface area contributed by atoms with Crippen LogP contribution in [0.2, 0.25) is 0 Å². The minimum atomic E-state index is 0.577. The Morgan fingerprint density at radius 1 is 1.05 bits per heavy atom. The van der Waals surface area contributed by atoms with Crippen molar-refractivity contribution in [2.75, 3.05) is 6.61 Å². The predicted molar refractivity (Wildman–Crippen MR) is 79.9 cm³/mol. The van der Waals surface area contributed by atoms with Gasteiger partial charge in [0.15, 0.2) is 0 Å². The summed E-state index contributed by atoms with van der Waals surface area (Å²) in [6.45, 7) is 7.42. The molecule has 0 N–H and O–H groups in total. The molecule has 0 unspecified atom stereocenters. The number of hydrogen-bond donors (Lipinski definition) is 0. The van der Waals surface area contributed by atoms with E-state index in [1.165, 1.54) is 27.8 Å². The van der Waals surface area contributed by atoms with Crippen LogP contribution in [0, 0.1) is 6.92 Å². The lowest BCUT2D eigenvalue weighted by Gasteiger charge is -2.11. The average Bonchev–Trinajstić information content (AvgIpc) is 2.85. The van der Waals surface area contributed by atoms with E-state index >= 15 is 0 Å². The first kappa shape index (κ1) is 12.3. The van der Waals surface area contributed by atoms with Gasteiger partial charge in [-0.15, -0.1) is 0 Å². The summed E-state index contributed by atoms with van der Waals surface area (Å²) in [6.07, 6.45) is 1.04. The Hall–Kier alpha value is -1.76. The van der Waals surface area contributed by atoms with Crippen LogP contribution < -0.4 is 4.74 Å². The summed E-state index contributed by atoms with van der Waals surface area (Å²) in [5.41, 5.74) is 6.54. The highest BCUT2D eigenvalue weighted by Crippen LogP contribution is 2.38. The van der Waals surface area contributed by atoms with Crippen molar-refractivity contribution >= 4 is 0 Å². The van der Waals surface area contributed by atoms with Crippen LogP contribution >= 0.6 is 0 Å². The van der Waals surface area contributed by atoms with Gasteiger partial charge in [-0.05, 0) is 41.2 Å². The molecule has 0 atom stereocenters. The fraction of sp³-hybridized carbons (Fsp3) is 0.333. The summed E-state index contributed by atoms with van der Waals surface area (Å²) in [5, 5.41) is 0. The molecule has 0 saturated heterocycles. The van der Waals surface area contributed by atoms with Crippen LogP contribution in [0.5, 0.6) is 5.75 Å². The molecule has 19 heavy (non-hydrogen) atoms. The van der Waals surface area contributed by atoms with E-state index in [1.807, 2.05) is 0 Å². The molecule has 1 nitrogen and oxygen atoms in total. The molecule has 0 fully saturated rings. The minimum Gasteiger partial charge on any atom is -0.492 e. The lowest BCUT2D eigenvalue weighted by Crippen LogP contribution is -1.91. The van der Waals surface area contributed by atoms with Crippen LogP contribution in [0.3, 0.4) is 0 Å². The SMILES string of the molecule is Cc1cc2c(c(-c3ccc(C(C)C)cc3)c1)OCC2. The van der Waals surface area contributed by atoms with Crippen LogP contribution in [0.15, 0.2) is 36.4 Å². The van der Waals surface area contributed by atoms with Crippen molar-refractivity contribution in [3.8, 4) is 16.9 Å². The third-order valence-corrected chi connectivity index (χ3v) is 3.82. The fourth-order valence-corrected chi connectivity index (χ4v) is 2.73. The van der Waals surface area contributed by atoms with Gasteiger partial charge < -0.3 is 4.74 Å². The van der Waals surface area contributed by atoms with E-state index < -0.39 is 0 Å². The molecule has 0 aliphatic carbocycles. The lowest BCUT2D eigenvalue weighted by molar-refractivity contribution is 0.358. The van der Waals surface area contributed by atoms with Gasteiger partial charge in [0.05, 0.1) is 6.61 Å². The first-order chi connectivity index (χ1) is 9.15. The Morgan fingerprint density at radius 2 is 1.79 bits per heavy atom. The van der Waals surface area contributed by atoms with Crippen molar-refractivity contribution in [2.45, 2.75) is 33.1 Å². The third kappa shape index (κ3) is 2.25. The first-order valence-electron chi connectivity index (χ1n) is 7.02. The second-order valence-electron chi connectivity index (χ2n) is 5.68. The number of ether oxygens (including phenoxy) is 1. The quantitative estimate of drug-likeness (QED) is 0.751. The molecule has 1 heteroatoms. The maximum atomic E-state index is 5.82. The lowest BCUT2D eigenvalue weighted by atomic mass is 9.95. The van der Waals surface area contributed by atoms with Gasteiger partial charge >= 0.3 is 0 Å². The highest BCUT2D eigenvalue weighted by molar-refractivity contribution is 5.74. The summed E-state index contributed by atoms with van der Waals surface area (Å²) in [6, 6.07) is 13.4. The molecule has 0 amide bonds. The molecule has 0 radical (unpaired) electrons. The largest absolute Gasteiger partial charge is 0.492 e. The molecule has 0 saturated carbocycles. The molecular formula is C18H20O. The summed E-state index contributed by atoms with van der Waals surface area (Å²) in [5.74, 6) is 1.66. The van der Waals surface area contributed by atoms with E-state index in [0.29, 0.717) is 5.92 Å². The highest BCUT2D eigenvalue weighted by Gasteiger charge is 2.18. The summed E-state index contributed by atoms with van der Waals surface area (Å²) >= 11 is 0. The van der Waals surface area contributed by atoms with E-state index in [9.17, 15) is 0 Å².